The maximum absolute atomic E-state index is 12.3. The molecule has 7 heteroatoms. The number of nitrogens with zero attached hydrogens (tertiary/aromatic N) is 2. The number of hydrogen-bond donors (Lipinski definition) is 1. The minimum absolute atomic E-state index is 0.0672. The summed E-state index contributed by atoms with van der Waals surface area (Å²) in [5, 5.41) is 3.48. The van der Waals surface area contributed by atoms with Crippen molar-refractivity contribution in [2.24, 2.45) is 0 Å². The van der Waals surface area contributed by atoms with Gasteiger partial charge < -0.3 is 5.32 Å². The predicted octanol–water partition coefficient (Wildman–Crippen LogP) is 4.40. The summed E-state index contributed by atoms with van der Waals surface area (Å²) < 4.78 is 1.06. The summed E-state index contributed by atoms with van der Waals surface area (Å²) in [5.41, 5.74) is 2.96. The first-order valence-corrected chi connectivity index (χ1v) is 10.5. The number of fused-ring (bicyclic) bond motifs is 2. The summed E-state index contributed by atoms with van der Waals surface area (Å²) in [6, 6.07) is 12.9. The van der Waals surface area contributed by atoms with Crippen molar-refractivity contribution in [3.05, 3.63) is 59.2 Å². The van der Waals surface area contributed by atoms with Gasteiger partial charge in [0.05, 0.1) is 21.3 Å². The Bertz CT molecular complexity index is 1070. The minimum atomic E-state index is -0.227. The van der Waals surface area contributed by atoms with Gasteiger partial charge in [-0.15, -0.1) is 0 Å². The van der Waals surface area contributed by atoms with Crippen LogP contribution in [0.2, 0.25) is 0 Å². The number of para-hydroxylation sites is 1. The highest BCUT2D eigenvalue weighted by atomic mass is 32.1. The first-order chi connectivity index (χ1) is 14.0. The lowest BCUT2D eigenvalue weighted by Crippen LogP contribution is -2.30. The van der Waals surface area contributed by atoms with Crippen LogP contribution in [0.25, 0.3) is 10.2 Å². The Labute approximate surface area is 172 Å². The minimum Gasteiger partial charge on any atom is -0.302 e. The van der Waals surface area contributed by atoms with Crippen LogP contribution in [0.5, 0.6) is 0 Å². The fraction of sp³-hybridized carbons (Fsp3) is 0.273. The highest BCUT2D eigenvalue weighted by Crippen LogP contribution is 2.28. The standard InChI is InChI=1S/C22H21N3O3S/c1-14-8-7-11-17-19(14)24-22(29-17)23-18(26)12-3-2-6-13-25-20(27)15-9-4-5-10-16(15)21(25)28/h4-5,7-11H,2-3,6,12-13H2,1H3,(H,23,24,26). The van der Waals surface area contributed by atoms with Crippen LogP contribution in [0.1, 0.15) is 52.0 Å². The molecule has 3 amide bonds. The number of thiazole rings is 1. The Morgan fingerprint density at radius 3 is 2.41 bits per heavy atom. The van der Waals surface area contributed by atoms with Crippen LogP contribution in [0, 0.1) is 6.92 Å². The Balaban J connectivity index is 1.22. The molecule has 148 valence electrons. The van der Waals surface area contributed by atoms with Gasteiger partial charge in [-0.1, -0.05) is 42.0 Å². The Morgan fingerprint density at radius 2 is 1.72 bits per heavy atom. The molecule has 0 saturated carbocycles. The second-order valence-electron chi connectivity index (χ2n) is 7.11. The molecule has 6 nitrogen and oxygen atoms in total. The maximum Gasteiger partial charge on any atom is 0.261 e. The van der Waals surface area contributed by atoms with Gasteiger partial charge in [-0.25, -0.2) is 4.98 Å². The lowest BCUT2D eigenvalue weighted by Gasteiger charge is -2.13. The topological polar surface area (TPSA) is 79.4 Å². The molecular weight excluding hydrogens is 386 g/mol. The average Bonchev–Trinajstić information content (AvgIpc) is 3.23. The van der Waals surface area contributed by atoms with Gasteiger partial charge in [-0.2, -0.15) is 0 Å². The van der Waals surface area contributed by atoms with Gasteiger partial charge >= 0.3 is 0 Å². The van der Waals surface area contributed by atoms with E-state index in [0.717, 1.165) is 22.2 Å². The zero-order chi connectivity index (χ0) is 20.4. The van der Waals surface area contributed by atoms with E-state index in [-0.39, 0.29) is 17.7 Å². The molecule has 0 bridgehead atoms. The first-order valence-electron chi connectivity index (χ1n) is 9.66. The molecule has 0 fully saturated rings. The lowest BCUT2D eigenvalue weighted by atomic mass is 10.1. The molecule has 3 aromatic rings. The number of aryl methyl sites for hydroxylation is 1. The zero-order valence-corrected chi connectivity index (χ0v) is 16.9. The summed E-state index contributed by atoms with van der Waals surface area (Å²) in [6.07, 6.45) is 2.52. The van der Waals surface area contributed by atoms with E-state index in [1.54, 1.807) is 24.3 Å². The Morgan fingerprint density at radius 1 is 1.00 bits per heavy atom. The van der Waals surface area contributed by atoms with Crippen molar-refractivity contribution in [2.45, 2.75) is 32.6 Å². The number of aromatic nitrogens is 1. The molecule has 29 heavy (non-hydrogen) atoms. The number of unbranched alkanes of at least 4 members (excludes halogenated alkanes) is 2. The highest BCUT2D eigenvalue weighted by Gasteiger charge is 2.34. The normalized spacial score (nSPS) is 13.2. The summed E-state index contributed by atoms with van der Waals surface area (Å²) in [5.74, 6) is -0.522. The quantitative estimate of drug-likeness (QED) is 0.465. The number of carbonyl (C=O) groups excluding carboxylic acids is 3. The maximum atomic E-state index is 12.3. The van der Waals surface area contributed by atoms with Crippen molar-refractivity contribution in [3.8, 4) is 0 Å². The zero-order valence-electron chi connectivity index (χ0n) is 16.1. The lowest BCUT2D eigenvalue weighted by molar-refractivity contribution is -0.116. The van der Waals surface area contributed by atoms with Crippen molar-refractivity contribution in [1.82, 2.24) is 9.88 Å². The van der Waals surface area contributed by atoms with Gasteiger partial charge in [-0.05, 0) is 43.5 Å². The van der Waals surface area contributed by atoms with Crippen LogP contribution in [0.15, 0.2) is 42.5 Å². The van der Waals surface area contributed by atoms with Gasteiger partial charge in [0.2, 0.25) is 5.91 Å². The summed E-state index contributed by atoms with van der Waals surface area (Å²) >= 11 is 1.47. The van der Waals surface area contributed by atoms with Crippen molar-refractivity contribution in [2.75, 3.05) is 11.9 Å². The number of rotatable bonds is 7. The highest BCUT2D eigenvalue weighted by molar-refractivity contribution is 7.22. The molecule has 1 N–H and O–H groups in total. The van der Waals surface area contributed by atoms with E-state index in [0.29, 0.717) is 42.1 Å². The van der Waals surface area contributed by atoms with Crippen molar-refractivity contribution < 1.29 is 14.4 Å². The molecule has 1 aromatic heterocycles. The summed E-state index contributed by atoms with van der Waals surface area (Å²) in [7, 11) is 0. The van der Waals surface area contributed by atoms with E-state index >= 15 is 0 Å². The average molecular weight is 407 g/mol. The van der Waals surface area contributed by atoms with Gasteiger partial charge in [0.1, 0.15) is 0 Å². The number of anilines is 1. The SMILES string of the molecule is Cc1cccc2sc(NC(=O)CCCCCN3C(=O)c4ccccc4C3=O)nc12. The smallest absolute Gasteiger partial charge is 0.261 e. The molecule has 0 spiro atoms. The molecule has 2 heterocycles. The van der Waals surface area contributed by atoms with E-state index in [4.69, 9.17) is 0 Å². The fourth-order valence-electron chi connectivity index (χ4n) is 3.50. The first kappa shape index (κ1) is 19.3. The Kier molecular flexibility index (Phi) is 5.40. The van der Waals surface area contributed by atoms with E-state index in [9.17, 15) is 14.4 Å². The van der Waals surface area contributed by atoms with E-state index in [1.807, 2.05) is 25.1 Å². The van der Waals surface area contributed by atoms with Crippen LogP contribution in [-0.2, 0) is 4.79 Å². The number of carbonyl (C=O) groups is 3. The molecule has 0 aliphatic carbocycles. The number of nitrogens with one attached hydrogen (secondary N) is 1. The molecule has 0 radical (unpaired) electrons. The van der Waals surface area contributed by atoms with Crippen molar-refractivity contribution in [3.63, 3.8) is 0 Å². The summed E-state index contributed by atoms with van der Waals surface area (Å²) in [6.45, 7) is 2.38. The molecular formula is C22H21N3O3S. The largest absolute Gasteiger partial charge is 0.302 e. The number of imide groups is 1. The molecule has 1 aliphatic rings. The molecule has 1 aliphatic heterocycles. The van der Waals surface area contributed by atoms with Crippen LogP contribution in [0.4, 0.5) is 5.13 Å². The Hall–Kier alpha value is -3.06. The third-order valence-corrected chi connectivity index (χ3v) is 5.97. The molecule has 0 atom stereocenters. The summed E-state index contributed by atoms with van der Waals surface area (Å²) in [4.78, 5) is 42.6. The number of benzene rings is 2. The van der Waals surface area contributed by atoms with Crippen LogP contribution >= 0.6 is 11.3 Å². The van der Waals surface area contributed by atoms with Crippen molar-refractivity contribution in [1.29, 1.82) is 0 Å². The van der Waals surface area contributed by atoms with E-state index < -0.39 is 0 Å². The monoisotopic (exact) mass is 407 g/mol. The second kappa shape index (κ2) is 8.13. The van der Waals surface area contributed by atoms with Crippen LogP contribution in [0.3, 0.4) is 0 Å². The van der Waals surface area contributed by atoms with Crippen LogP contribution < -0.4 is 5.32 Å². The van der Waals surface area contributed by atoms with Gasteiger partial charge in [0.25, 0.3) is 11.8 Å². The van der Waals surface area contributed by atoms with E-state index in [1.165, 1.54) is 16.2 Å². The number of hydrogen-bond acceptors (Lipinski definition) is 5. The van der Waals surface area contributed by atoms with Crippen molar-refractivity contribution >= 4 is 44.4 Å². The molecule has 2 aromatic carbocycles. The van der Waals surface area contributed by atoms with Gasteiger partial charge in [-0.3, -0.25) is 19.3 Å². The molecule has 0 saturated heterocycles. The van der Waals surface area contributed by atoms with Gasteiger partial charge in [0, 0.05) is 13.0 Å². The number of amides is 3. The third kappa shape index (κ3) is 3.91. The van der Waals surface area contributed by atoms with E-state index in [2.05, 4.69) is 10.3 Å². The fourth-order valence-corrected chi connectivity index (χ4v) is 4.46. The molecule has 4 rings (SSSR count). The molecule has 0 unspecified atom stereocenters. The van der Waals surface area contributed by atoms with Crippen LogP contribution in [-0.4, -0.2) is 34.2 Å². The van der Waals surface area contributed by atoms with Gasteiger partial charge in [0.15, 0.2) is 5.13 Å². The third-order valence-electron chi connectivity index (χ3n) is 5.03. The second-order valence-corrected chi connectivity index (χ2v) is 8.14. The predicted molar refractivity (Wildman–Crippen MR) is 113 cm³/mol.